The smallest absolute Gasteiger partial charge is 0.231 e. The second kappa shape index (κ2) is 8.10. The van der Waals surface area contributed by atoms with E-state index in [2.05, 4.69) is 46.2 Å². The molecule has 3 unspecified atom stereocenters. The molecular formula is C25H34NO4+. The molecule has 5 heteroatoms. The van der Waals surface area contributed by atoms with E-state index in [0.29, 0.717) is 24.0 Å². The predicted octanol–water partition coefficient (Wildman–Crippen LogP) is 4.61. The normalized spacial score (nSPS) is 27.0. The van der Waals surface area contributed by atoms with Gasteiger partial charge in [0.15, 0.2) is 17.3 Å². The topological polar surface area (TPSA) is 44.8 Å². The first-order chi connectivity index (χ1) is 14.3. The molecule has 1 aliphatic carbocycles. The van der Waals surface area contributed by atoms with Crippen molar-refractivity contribution < 1.29 is 23.5 Å². The molecule has 0 fully saturated rings. The first-order valence-electron chi connectivity index (χ1n) is 11.0. The Balaban J connectivity index is 1.60. The molecule has 2 heterocycles. The number of ether oxygens (including phenoxy) is 3. The number of hydrogen-bond donors (Lipinski definition) is 0. The number of quaternary nitrogens is 1. The summed E-state index contributed by atoms with van der Waals surface area (Å²) in [6.45, 7) is 5.66. The van der Waals surface area contributed by atoms with Gasteiger partial charge in [-0.05, 0) is 49.3 Å². The van der Waals surface area contributed by atoms with E-state index >= 15 is 0 Å². The number of fused-ring (bicyclic) bond motifs is 2. The molecule has 3 atom stereocenters. The number of nitrogens with zero attached hydrogens (tertiary/aromatic N) is 1. The third kappa shape index (κ3) is 3.87. The zero-order chi connectivity index (χ0) is 21.5. The summed E-state index contributed by atoms with van der Waals surface area (Å²) in [5, 5.41) is 0. The van der Waals surface area contributed by atoms with Gasteiger partial charge in [0, 0.05) is 6.42 Å². The average Bonchev–Trinajstić information content (AvgIpc) is 3.16. The minimum atomic E-state index is 0.0290. The highest BCUT2D eigenvalue weighted by Gasteiger charge is 2.42. The van der Waals surface area contributed by atoms with Crippen molar-refractivity contribution >= 4 is 5.78 Å². The van der Waals surface area contributed by atoms with E-state index in [0.717, 1.165) is 47.4 Å². The highest BCUT2D eigenvalue weighted by Crippen LogP contribution is 2.51. The van der Waals surface area contributed by atoms with E-state index in [1.54, 1.807) is 7.11 Å². The minimum absolute atomic E-state index is 0.0290. The molecule has 3 aliphatic rings. The lowest BCUT2D eigenvalue weighted by molar-refractivity contribution is -0.922. The number of rotatable bonds is 5. The highest BCUT2D eigenvalue weighted by atomic mass is 16.7. The number of benzene rings is 1. The molecule has 0 aromatic heterocycles. The molecule has 0 saturated carbocycles. The number of carbonyl (C=O) groups excluding carboxylic acids is 1. The Kier molecular flexibility index (Phi) is 5.67. The Labute approximate surface area is 179 Å². The number of ketones is 1. The van der Waals surface area contributed by atoms with E-state index in [4.69, 9.17) is 14.2 Å². The van der Waals surface area contributed by atoms with Gasteiger partial charge in [-0.2, -0.15) is 0 Å². The molecule has 5 nitrogen and oxygen atoms in total. The zero-order valence-corrected chi connectivity index (χ0v) is 18.9. The van der Waals surface area contributed by atoms with Crippen LogP contribution in [-0.4, -0.2) is 44.8 Å². The van der Waals surface area contributed by atoms with E-state index in [1.807, 2.05) is 6.08 Å². The standard InChI is InChI=1S/C25H34NO4/c1-16-6-7-18(17(2)12-16)8-9-20(27)14-21-23-19(10-11-26(21,3)4)13-22-24(25(23)28-5)30-15-29-22/h6,8-9,13,17-18,21H,7,10-12,14-15H2,1-5H3/q+1/b9-8+. The summed E-state index contributed by atoms with van der Waals surface area (Å²) in [5.74, 6) is 3.36. The van der Waals surface area contributed by atoms with Gasteiger partial charge in [0.25, 0.3) is 0 Å². The molecule has 0 N–H and O–H groups in total. The number of methoxy groups -OCH3 is 1. The highest BCUT2D eigenvalue weighted by molar-refractivity contribution is 5.90. The number of allylic oxidation sites excluding steroid dienone is 4. The minimum Gasteiger partial charge on any atom is -0.492 e. The maximum Gasteiger partial charge on any atom is 0.231 e. The van der Waals surface area contributed by atoms with E-state index in [9.17, 15) is 4.79 Å². The molecule has 0 amide bonds. The number of likely N-dealkylation sites (N-methyl/N-ethyl adjacent to an activating group) is 1. The summed E-state index contributed by atoms with van der Waals surface area (Å²) in [7, 11) is 6.07. The van der Waals surface area contributed by atoms with Crippen molar-refractivity contribution in [1.82, 2.24) is 0 Å². The Bertz CT molecular complexity index is 899. The summed E-state index contributed by atoms with van der Waals surface area (Å²) in [5.41, 5.74) is 3.77. The van der Waals surface area contributed by atoms with Crippen LogP contribution in [0.1, 0.15) is 50.3 Å². The van der Waals surface area contributed by atoms with Crippen molar-refractivity contribution in [2.45, 2.75) is 45.6 Å². The van der Waals surface area contributed by atoms with Gasteiger partial charge in [-0.25, -0.2) is 0 Å². The van der Waals surface area contributed by atoms with E-state index in [1.165, 1.54) is 11.1 Å². The zero-order valence-electron chi connectivity index (χ0n) is 18.9. The number of hydrogen-bond acceptors (Lipinski definition) is 4. The summed E-state index contributed by atoms with van der Waals surface area (Å²) in [4.78, 5) is 13.0. The van der Waals surface area contributed by atoms with Crippen molar-refractivity contribution in [3.05, 3.63) is 41.0 Å². The fourth-order valence-electron chi connectivity index (χ4n) is 5.19. The van der Waals surface area contributed by atoms with Crippen LogP contribution in [0.5, 0.6) is 17.2 Å². The molecular weight excluding hydrogens is 378 g/mol. The maximum atomic E-state index is 13.0. The largest absolute Gasteiger partial charge is 0.492 e. The summed E-state index contributed by atoms with van der Waals surface area (Å²) < 4.78 is 17.8. The van der Waals surface area contributed by atoms with Crippen LogP contribution in [0.2, 0.25) is 0 Å². The molecule has 30 heavy (non-hydrogen) atoms. The van der Waals surface area contributed by atoms with Crippen molar-refractivity contribution in [1.29, 1.82) is 0 Å². The fourth-order valence-corrected chi connectivity index (χ4v) is 5.19. The molecule has 1 aromatic carbocycles. The maximum absolute atomic E-state index is 13.0. The van der Waals surface area contributed by atoms with Gasteiger partial charge in [0.2, 0.25) is 12.5 Å². The van der Waals surface area contributed by atoms with Crippen molar-refractivity contribution in [3.8, 4) is 17.2 Å². The third-order valence-corrected chi connectivity index (χ3v) is 7.12. The van der Waals surface area contributed by atoms with Gasteiger partial charge >= 0.3 is 0 Å². The van der Waals surface area contributed by atoms with Gasteiger partial charge in [0.05, 0.1) is 39.7 Å². The molecule has 162 valence electrons. The molecule has 4 rings (SSSR count). The van der Waals surface area contributed by atoms with Crippen molar-refractivity contribution in [2.75, 3.05) is 34.5 Å². The average molecular weight is 413 g/mol. The van der Waals surface area contributed by atoms with Crippen LogP contribution in [0.25, 0.3) is 0 Å². The Morgan fingerprint density at radius 2 is 2.13 bits per heavy atom. The summed E-state index contributed by atoms with van der Waals surface area (Å²) in [6, 6.07) is 2.10. The first-order valence-corrected chi connectivity index (χ1v) is 11.0. The SMILES string of the molecule is COc1c2c(cc3c1C(CC(=O)/C=C/C1CC=C(C)CC1C)[N+](C)(C)CC3)OCO2. The van der Waals surface area contributed by atoms with Gasteiger partial charge in [-0.3, -0.25) is 4.79 Å². The van der Waals surface area contributed by atoms with Crippen LogP contribution in [0.4, 0.5) is 0 Å². The molecule has 1 aromatic rings. The Morgan fingerprint density at radius 3 is 2.87 bits per heavy atom. The molecule has 0 radical (unpaired) electrons. The van der Waals surface area contributed by atoms with Gasteiger partial charge in [-0.15, -0.1) is 0 Å². The van der Waals surface area contributed by atoms with Crippen LogP contribution < -0.4 is 14.2 Å². The lowest BCUT2D eigenvalue weighted by atomic mass is 9.80. The Hall–Kier alpha value is -2.27. The first kappa shape index (κ1) is 21.0. The molecule has 0 saturated heterocycles. The predicted molar refractivity (Wildman–Crippen MR) is 117 cm³/mol. The summed E-state index contributed by atoms with van der Waals surface area (Å²) in [6.07, 6.45) is 9.81. The second-order valence-corrected chi connectivity index (χ2v) is 9.65. The number of carbonyl (C=O) groups is 1. The van der Waals surface area contributed by atoms with Gasteiger partial charge in [0.1, 0.15) is 6.04 Å². The monoisotopic (exact) mass is 412 g/mol. The van der Waals surface area contributed by atoms with Crippen LogP contribution in [0.15, 0.2) is 29.9 Å². The van der Waals surface area contributed by atoms with Gasteiger partial charge < -0.3 is 18.7 Å². The van der Waals surface area contributed by atoms with Crippen LogP contribution in [0, 0.1) is 11.8 Å². The van der Waals surface area contributed by atoms with E-state index < -0.39 is 0 Å². The van der Waals surface area contributed by atoms with E-state index in [-0.39, 0.29) is 18.6 Å². The van der Waals surface area contributed by atoms with Crippen molar-refractivity contribution in [3.63, 3.8) is 0 Å². The second-order valence-electron chi connectivity index (χ2n) is 9.65. The summed E-state index contributed by atoms with van der Waals surface area (Å²) >= 11 is 0. The van der Waals surface area contributed by atoms with Crippen LogP contribution in [0.3, 0.4) is 0 Å². The van der Waals surface area contributed by atoms with Crippen LogP contribution >= 0.6 is 0 Å². The lowest BCUT2D eigenvalue weighted by Gasteiger charge is -2.43. The Morgan fingerprint density at radius 1 is 1.33 bits per heavy atom. The lowest BCUT2D eigenvalue weighted by Crippen LogP contribution is -2.48. The van der Waals surface area contributed by atoms with Gasteiger partial charge in [-0.1, -0.05) is 24.6 Å². The molecule has 0 bridgehead atoms. The quantitative estimate of drug-likeness (QED) is 0.403. The van der Waals surface area contributed by atoms with Crippen molar-refractivity contribution in [2.24, 2.45) is 11.8 Å². The fraction of sp³-hybridized carbons (Fsp3) is 0.560. The molecule has 0 spiro atoms. The van der Waals surface area contributed by atoms with Crippen LogP contribution in [-0.2, 0) is 11.2 Å². The third-order valence-electron chi connectivity index (χ3n) is 7.12. The molecule has 2 aliphatic heterocycles.